The Kier molecular flexibility index (Phi) is 3.08. The molecule has 0 heterocycles. The van der Waals surface area contributed by atoms with Gasteiger partial charge in [-0.25, -0.2) is 0 Å². The summed E-state index contributed by atoms with van der Waals surface area (Å²) in [6.45, 7) is 0. The molecular weight excluding hydrogens is 210 g/mol. The maximum Gasteiger partial charge on any atom is 0.166 e. The Hall–Kier alpha value is -0.860. The van der Waals surface area contributed by atoms with Gasteiger partial charge in [-0.15, -0.1) is 0 Å². The molecule has 0 spiro atoms. The number of halogens is 1. The Bertz CT molecular complexity index is 378. The Morgan fingerprint density at radius 2 is 2.20 bits per heavy atom. The van der Waals surface area contributed by atoms with Gasteiger partial charge in [0.2, 0.25) is 0 Å². The first-order valence-corrected chi connectivity index (χ1v) is 5.60. The van der Waals surface area contributed by atoms with Gasteiger partial charge >= 0.3 is 0 Å². The van der Waals surface area contributed by atoms with Crippen LogP contribution in [0.5, 0.6) is 0 Å². The highest BCUT2D eigenvalue weighted by Crippen LogP contribution is 2.28. The van der Waals surface area contributed by atoms with Crippen molar-refractivity contribution in [3.05, 3.63) is 34.9 Å². The Morgan fingerprint density at radius 3 is 2.80 bits per heavy atom. The second kappa shape index (κ2) is 4.33. The highest BCUT2D eigenvalue weighted by molar-refractivity contribution is 6.31. The number of carbonyl (C=O) groups is 1. The highest BCUT2D eigenvalue weighted by atomic mass is 35.5. The van der Waals surface area contributed by atoms with Crippen LogP contribution in [0.15, 0.2) is 24.3 Å². The van der Waals surface area contributed by atoms with Crippen molar-refractivity contribution in [1.82, 2.24) is 0 Å². The minimum Gasteiger partial charge on any atom is -0.328 e. The van der Waals surface area contributed by atoms with Crippen molar-refractivity contribution in [3.63, 3.8) is 0 Å². The average molecular weight is 224 g/mol. The summed E-state index contributed by atoms with van der Waals surface area (Å²) in [4.78, 5) is 12.0. The van der Waals surface area contributed by atoms with Crippen molar-refractivity contribution in [1.29, 1.82) is 0 Å². The summed E-state index contributed by atoms with van der Waals surface area (Å²) in [5, 5.41) is 0.614. The molecule has 80 valence electrons. The molecule has 1 aliphatic carbocycles. The summed E-state index contributed by atoms with van der Waals surface area (Å²) < 4.78 is 0. The van der Waals surface area contributed by atoms with E-state index in [1.807, 2.05) is 12.1 Å². The van der Waals surface area contributed by atoms with Crippen molar-refractivity contribution >= 4 is 17.4 Å². The van der Waals surface area contributed by atoms with E-state index in [1.54, 1.807) is 12.1 Å². The molecule has 2 N–H and O–H groups in total. The minimum atomic E-state index is 0.0958. The fourth-order valence-electron chi connectivity index (χ4n) is 2.13. The predicted molar refractivity (Wildman–Crippen MR) is 61.1 cm³/mol. The summed E-state index contributed by atoms with van der Waals surface area (Å²) in [5.41, 5.74) is 6.50. The molecule has 0 radical (unpaired) electrons. The van der Waals surface area contributed by atoms with Gasteiger partial charge in [0.1, 0.15) is 0 Å². The molecule has 1 aromatic carbocycles. The molecule has 1 saturated carbocycles. The van der Waals surface area contributed by atoms with Gasteiger partial charge in [0.15, 0.2) is 5.78 Å². The summed E-state index contributed by atoms with van der Waals surface area (Å²) >= 11 is 5.85. The van der Waals surface area contributed by atoms with Gasteiger partial charge in [0.25, 0.3) is 0 Å². The molecule has 0 amide bonds. The van der Waals surface area contributed by atoms with Crippen molar-refractivity contribution < 1.29 is 4.79 Å². The van der Waals surface area contributed by atoms with Crippen LogP contribution in [0.3, 0.4) is 0 Å². The quantitative estimate of drug-likeness (QED) is 0.784. The number of benzene rings is 1. The first kappa shape index (κ1) is 10.7. The fraction of sp³-hybridized carbons (Fsp3) is 0.417. The lowest BCUT2D eigenvalue weighted by Gasteiger charge is -2.08. The number of rotatable bonds is 2. The maximum atomic E-state index is 12.0. The SMILES string of the molecule is NC1CCC(C(=O)c2cccc(Cl)c2)C1. The topological polar surface area (TPSA) is 43.1 Å². The number of nitrogens with two attached hydrogens (primary N) is 1. The summed E-state index contributed by atoms with van der Waals surface area (Å²) in [6.07, 6.45) is 2.68. The Morgan fingerprint density at radius 1 is 1.40 bits per heavy atom. The fourth-order valence-corrected chi connectivity index (χ4v) is 2.32. The molecule has 2 atom stereocenters. The lowest BCUT2D eigenvalue weighted by molar-refractivity contribution is 0.0922. The van der Waals surface area contributed by atoms with Crippen LogP contribution in [0.1, 0.15) is 29.6 Å². The zero-order valence-corrected chi connectivity index (χ0v) is 9.20. The second-order valence-corrected chi connectivity index (χ2v) is 4.58. The van der Waals surface area contributed by atoms with Gasteiger partial charge < -0.3 is 5.73 Å². The summed E-state index contributed by atoms with van der Waals surface area (Å²) in [5.74, 6) is 0.281. The van der Waals surface area contributed by atoms with Crippen molar-refractivity contribution in [2.24, 2.45) is 11.7 Å². The normalized spacial score (nSPS) is 25.5. The zero-order chi connectivity index (χ0) is 10.8. The van der Waals surface area contributed by atoms with Gasteiger partial charge in [0.05, 0.1) is 0 Å². The summed E-state index contributed by atoms with van der Waals surface area (Å²) in [6, 6.07) is 7.33. The molecule has 0 aliphatic heterocycles. The molecular formula is C12H14ClNO. The van der Waals surface area contributed by atoms with Crippen LogP contribution in [-0.2, 0) is 0 Å². The second-order valence-electron chi connectivity index (χ2n) is 4.14. The Balaban J connectivity index is 2.14. The molecule has 3 heteroatoms. The number of Topliss-reactive ketones (excluding diaryl/α,β-unsaturated/α-hetero) is 1. The van der Waals surface area contributed by atoms with E-state index in [0.717, 1.165) is 19.3 Å². The Labute approximate surface area is 94.4 Å². The van der Waals surface area contributed by atoms with Crippen LogP contribution >= 0.6 is 11.6 Å². The minimum absolute atomic E-state index is 0.0958. The maximum absolute atomic E-state index is 12.0. The average Bonchev–Trinajstić information content (AvgIpc) is 2.64. The third-order valence-electron chi connectivity index (χ3n) is 2.95. The van der Waals surface area contributed by atoms with Crippen LogP contribution in [-0.4, -0.2) is 11.8 Å². The highest BCUT2D eigenvalue weighted by Gasteiger charge is 2.28. The molecule has 0 bridgehead atoms. The number of hydrogen-bond donors (Lipinski definition) is 1. The van der Waals surface area contributed by atoms with Gasteiger partial charge in [-0.05, 0) is 31.4 Å². The van der Waals surface area contributed by atoms with Crippen LogP contribution in [0.2, 0.25) is 5.02 Å². The summed E-state index contributed by atoms with van der Waals surface area (Å²) in [7, 11) is 0. The van der Waals surface area contributed by atoms with Crippen molar-refractivity contribution in [2.45, 2.75) is 25.3 Å². The van der Waals surface area contributed by atoms with E-state index in [1.165, 1.54) is 0 Å². The van der Waals surface area contributed by atoms with E-state index < -0.39 is 0 Å². The van der Waals surface area contributed by atoms with E-state index in [2.05, 4.69) is 0 Å². The van der Waals surface area contributed by atoms with Gasteiger partial charge in [-0.3, -0.25) is 4.79 Å². The molecule has 1 aromatic rings. The molecule has 0 aromatic heterocycles. The van der Waals surface area contributed by atoms with E-state index in [9.17, 15) is 4.79 Å². The van der Waals surface area contributed by atoms with E-state index in [0.29, 0.717) is 10.6 Å². The number of ketones is 1. The third kappa shape index (κ3) is 2.39. The molecule has 15 heavy (non-hydrogen) atoms. The first-order valence-electron chi connectivity index (χ1n) is 5.22. The molecule has 2 unspecified atom stereocenters. The van der Waals surface area contributed by atoms with Crippen LogP contribution in [0.4, 0.5) is 0 Å². The van der Waals surface area contributed by atoms with Crippen LogP contribution < -0.4 is 5.73 Å². The number of carbonyl (C=O) groups excluding carboxylic acids is 1. The third-order valence-corrected chi connectivity index (χ3v) is 3.19. The van der Waals surface area contributed by atoms with Gasteiger partial charge in [-0.2, -0.15) is 0 Å². The predicted octanol–water partition coefficient (Wildman–Crippen LogP) is 2.65. The lowest BCUT2D eigenvalue weighted by atomic mass is 9.96. The lowest BCUT2D eigenvalue weighted by Crippen LogP contribution is -2.18. The molecule has 2 rings (SSSR count). The standard InChI is InChI=1S/C12H14ClNO/c13-10-3-1-2-8(6-10)12(15)9-4-5-11(14)7-9/h1-3,6,9,11H,4-5,7,14H2. The van der Waals surface area contributed by atoms with Gasteiger partial charge in [0, 0.05) is 22.5 Å². The molecule has 0 saturated heterocycles. The van der Waals surface area contributed by atoms with E-state index in [-0.39, 0.29) is 17.7 Å². The zero-order valence-electron chi connectivity index (χ0n) is 8.45. The van der Waals surface area contributed by atoms with E-state index >= 15 is 0 Å². The smallest absolute Gasteiger partial charge is 0.166 e. The largest absolute Gasteiger partial charge is 0.328 e. The molecule has 1 aliphatic rings. The monoisotopic (exact) mass is 223 g/mol. The van der Waals surface area contributed by atoms with E-state index in [4.69, 9.17) is 17.3 Å². The van der Waals surface area contributed by atoms with Crippen LogP contribution in [0, 0.1) is 5.92 Å². The molecule has 2 nitrogen and oxygen atoms in total. The first-order chi connectivity index (χ1) is 7.16. The van der Waals surface area contributed by atoms with Crippen molar-refractivity contribution in [3.8, 4) is 0 Å². The van der Waals surface area contributed by atoms with Gasteiger partial charge in [-0.1, -0.05) is 23.7 Å². The number of hydrogen-bond acceptors (Lipinski definition) is 2. The molecule has 1 fully saturated rings. The van der Waals surface area contributed by atoms with Crippen LogP contribution in [0.25, 0.3) is 0 Å². The van der Waals surface area contributed by atoms with Crippen molar-refractivity contribution in [2.75, 3.05) is 0 Å².